The van der Waals surface area contributed by atoms with Crippen LogP contribution >= 0.6 is 0 Å². The lowest BCUT2D eigenvalue weighted by Crippen LogP contribution is -2.07. The van der Waals surface area contributed by atoms with Gasteiger partial charge in [-0.15, -0.1) is 0 Å². The van der Waals surface area contributed by atoms with Gasteiger partial charge in [-0.3, -0.25) is 15.0 Å². The Morgan fingerprint density at radius 3 is 1.19 bits per heavy atom. The van der Waals surface area contributed by atoms with Crippen molar-refractivity contribution in [1.29, 1.82) is 0 Å². The number of pyridine rings is 3. The van der Waals surface area contributed by atoms with Gasteiger partial charge in [0, 0.05) is 36.8 Å². The molecule has 0 amide bonds. The number of ether oxygens (including phenoxy) is 3. The highest BCUT2D eigenvalue weighted by Gasteiger charge is 2.30. The van der Waals surface area contributed by atoms with Crippen molar-refractivity contribution >= 4 is 21.0 Å². The fourth-order valence-electron chi connectivity index (χ4n) is 5.11. The van der Waals surface area contributed by atoms with Crippen molar-refractivity contribution in [3.05, 3.63) is 193 Å². The van der Waals surface area contributed by atoms with E-state index in [1.54, 1.807) is 30.7 Å². The lowest BCUT2D eigenvalue weighted by atomic mass is 10.2. The number of rotatable bonds is 13. The highest BCUT2D eigenvalue weighted by Crippen LogP contribution is 2.36. The van der Waals surface area contributed by atoms with Gasteiger partial charge in [0.2, 0.25) is 0 Å². The Morgan fingerprint density at radius 2 is 0.870 bits per heavy atom. The highest BCUT2D eigenvalue weighted by atomic mass is 32.2. The summed E-state index contributed by atoms with van der Waals surface area (Å²) in [5, 5.41) is 0. The molecule has 0 aliphatic carbocycles. The van der Waals surface area contributed by atoms with Gasteiger partial charge in [-0.2, -0.15) is 0 Å². The molecule has 0 spiro atoms. The topological polar surface area (TPSA) is 124 Å². The number of nitrogens with zero attached hydrogens (tertiary/aromatic N) is 3. The van der Waals surface area contributed by atoms with E-state index in [1.165, 1.54) is 12.1 Å². The zero-order valence-corrected chi connectivity index (χ0v) is 31.0. The number of aryl methyl sites for hydroxylation is 1. The number of hydrogen-bond donors (Lipinski definition) is 0. The number of aromatic nitrogens is 3. The Hall–Kier alpha value is -6.01. The van der Waals surface area contributed by atoms with Crippen molar-refractivity contribution < 1.29 is 27.2 Å². The van der Waals surface area contributed by atoms with E-state index in [2.05, 4.69) is 51.4 Å². The maximum atomic E-state index is 10.4. The average Bonchev–Trinajstić information content (AvgIpc) is 3.20. The third kappa shape index (κ3) is 11.2. The minimum absolute atomic E-state index is 0.178. The Kier molecular flexibility index (Phi) is 13.0. The van der Waals surface area contributed by atoms with E-state index < -0.39 is 21.0 Å². The molecule has 9 nitrogen and oxygen atoms in total. The van der Waals surface area contributed by atoms with Gasteiger partial charge in [-0.25, -0.2) is 8.42 Å². The average molecular weight is 756 g/mol. The molecule has 11 heteroatoms. The first kappa shape index (κ1) is 37.7. The van der Waals surface area contributed by atoms with E-state index in [9.17, 15) is 13.0 Å². The van der Waals surface area contributed by atoms with Crippen LogP contribution in [0.2, 0.25) is 0 Å². The molecule has 3 aromatic heterocycles. The second-order valence-electron chi connectivity index (χ2n) is 11.8. The summed E-state index contributed by atoms with van der Waals surface area (Å²) in [5.74, 6) is 2.35. The van der Waals surface area contributed by atoms with Crippen LogP contribution in [0.5, 0.6) is 17.2 Å². The van der Waals surface area contributed by atoms with Crippen LogP contribution in [0.4, 0.5) is 0 Å². The summed E-state index contributed by atoms with van der Waals surface area (Å²) in [4.78, 5) is 16.3. The van der Waals surface area contributed by atoms with Gasteiger partial charge in [0.05, 0.1) is 32.9 Å². The van der Waals surface area contributed by atoms with Crippen molar-refractivity contribution in [3.8, 4) is 17.2 Å². The second-order valence-corrected chi connectivity index (χ2v) is 15.2. The van der Waals surface area contributed by atoms with Gasteiger partial charge < -0.3 is 18.8 Å². The fraction of sp³-hybridized carbons (Fsp3) is 0.0930. The molecule has 4 aromatic carbocycles. The summed E-state index contributed by atoms with van der Waals surface area (Å²) < 4.78 is 49.6. The highest BCUT2D eigenvalue weighted by molar-refractivity contribution is 7.97. The fourth-order valence-corrected chi connectivity index (χ4v) is 7.74. The first-order valence-corrected chi connectivity index (χ1v) is 19.6. The van der Waals surface area contributed by atoms with E-state index >= 15 is 0 Å². The largest absolute Gasteiger partial charge is 0.744 e. The van der Waals surface area contributed by atoms with Gasteiger partial charge in [0.1, 0.15) is 47.2 Å². The molecule has 0 aliphatic rings. The summed E-state index contributed by atoms with van der Waals surface area (Å²) in [5.41, 5.74) is 3.56. The molecular formula is C43H37N3O6S2. The minimum atomic E-state index is -4.27. The summed E-state index contributed by atoms with van der Waals surface area (Å²) in [6.45, 7) is 3.00. The molecule has 0 saturated heterocycles. The molecule has 54 heavy (non-hydrogen) atoms. The molecule has 0 radical (unpaired) electrons. The SMILES string of the molecule is Cc1ccc(S(=O)(=O)[O-])cc1.c1ccc(COc2cccc([S+](c3cccc(OCc4ccccn4)c3)c3cccc(OCc4ccccn4)c3)c2)nc1. The van der Waals surface area contributed by atoms with Crippen molar-refractivity contribution in [2.45, 2.75) is 46.3 Å². The van der Waals surface area contributed by atoms with E-state index in [1.807, 2.05) is 97.9 Å². The number of hydrogen-bond acceptors (Lipinski definition) is 9. The van der Waals surface area contributed by atoms with Crippen LogP contribution in [0.1, 0.15) is 22.6 Å². The molecule has 272 valence electrons. The zero-order chi connectivity index (χ0) is 37.6. The maximum Gasteiger partial charge on any atom is 0.170 e. The van der Waals surface area contributed by atoms with E-state index in [0.717, 1.165) is 54.6 Å². The van der Waals surface area contributed by atoms with Gasteiger partial charge in [-0.1, -0.05) is 54.1 Å². The van der Waals surface area contributed by atoms with Crippen LogP contribution < -0.4 is 14.2 Å². The van der Waals surface area contributed by atoms with Crippen molar-refractivity contribution in [2.75, 3.05) is 0 Å². The predicted octanol–water partition coefficient (Wildman–Crippen LogP) is 8.60. The van der Waals surface area contributed by atoms with Crippen LogP contribution in [0.15, 0.2) is 190 Å². The molecule has 0 saturated carbocycles. The van der Waals surface area contributed by atoms with Gasteiger partial charge in [-0.05, 0) is 91.9 Å². The van der Waals surface area contributed by atoms with Crippen molar-refractivity contribution in [1.82, 2.24) is 15.0 Å². The summed E-state index contributed by atoms with van der Waals surface area (Å²) in [7, 11) is -4.75. The summed E-state index contributed by atoms with van der Waals surface area (Å²) in [6, 6.07) is 48.0. The van der Waals surface area contributed by atoms with Crippen LogP contribution in [0, 0.1) is 6.92 Å². The van der Waals surface area contributed by atoms with E-state index in [4.69, 9.17) is 14.2 Å². The molecular weight excluding hydrogens is 719 g/mol. The van der Waals surface area contributed by atoms with Crippen LogP contribution in [-0.4, -0.2) is 27.9 Å². The predicted molar refractivity (Wildman–Crippen MR) is 206 cm³/mol. The normalized spacial score (nSPS) is 10.9. The first-order chi connectivity index (χ1) is 26.3. The monoisotopic (exact) mass is 755 g/mol. The standard InChI is InChI=1S/C36H30N3O3S.C7H8O3S/c1-4-19-37-28(10-1)25-40-31-13-7-16-34(22-31)43(35-17-8-14-32(23-35)41-26-29-11-2-5-20-38-29)36-18-9-15-33(24-36)42-27-30-12-3-6-21-39-30;1-6-2-4-7(5-3-6)11(8,9)10/h1-24H,25-27H2;2-5H,1H3,(H,8,9,10)/q+1;/p-1. The van der Waals surface area contributed by atoms with Crippen LogP contribution in [0.3, 0.4) is 0 Å². The van der Waals surface area contributed by atoms with E-state index in [0.29, 0.717) is 19.8 Å². The smallest absolute Gasteiger partial charge is 0.170 e. The third-order valence-electron chi connectivity index (χ3n) is 7.77. The quantitative estimate of drug-likeness (QED) is 0.0841. The van der Waals surface area contributed by atoms with Gasteiger partial charge in [0.25, 0.3) is 0 Å². The Morgan fingerprint density at radius 1 is 0.500 bits per heavy atom. The Balaban J connectivity index is 0.000000389. The van der Waals surface area contributed by atoms with Crippen LogP contribution in [-0.2, 0) is 40.8 Å². The maximum absolute atomic E-state index is 10.4. The summed E-state index contributed by atoms with van der Waals surface area (Å²) >= 11 is 0. The van der Waals surface area contributed by atoms with Crippen molar-refractivity contribution in [3.63, 3.8) is 0 Å². The van der Waals surface area contributed by atoms with E-state index in [-0.39, 0.29) is 4.90 Å². The minimum Gasteiger partial charge on any atom is -0.744 e. The van der Waals surface area contributed by atoms with Gasteiger partial charge in [0.15, 0.2) is 14.7 Å². The van der Waals surface area contributed by atoms with Crippen molar-refractivity contribution in [2.24, 2.45) is 0 Å². The molecule has 0 atom stereocenters. The molecule has 7 aromatic rings. The molecule has 0 bridgehead atoms. The molecule has 0 aliphatic heterocycles. The first-order valence-electron chi connectivity index (χ1n) is 17.0. The molecule has 0 unspecified atom stereocenters. The Labute approximate surface area is 318 Å². The lowest BCUT2D eigenvalue weighted by Gasteiger charge is -2.13. The van der Waals surface area contributed by atoms with Gasteiger partial charge >= 0.3 is 0 Å². The Bertz CT molecular complexity index is 2130. The summed E-state index contributed by atoms with van der Waals surface area (Å²) in [6.07, 6.45) is 5.33. The molecule has 0 N–H and O–H groups in total. The molecule has 3 heterocycles. The molecule has 0 fully saturated rings. The number of benzene rings is 4. The zero-order valence-electron chi connectivity index (χ0n) is 29.4. The third-order valence-corrected chi connectivity index (χ3v) is 10.8. The molecule has 7 rings (SSSR count). The van der Waals surface area contributed by atoms with Crippen LogP contribution in [0.25, 0.3) is 0 Å². The lowest BCUT2D eigenvalue weighted by molar-refractivity contribution is 0.300. The second kappa shape index (κ2) is 18.7.